The van der Waals surface area contributed by atoms with Crippen molar-refractivity contribution in [2.45, 2.75) is 84.0 Å². The summed E-state index contributed by atoms with van der Waals surface area (Å²) in [5.41, 5.74) is 6.60. The average molecular weight is 564 g/mol. The molecule has 0 saturated heterocycles. The zero-order chi connectivity index (χ0) is 28.7. The maximum atomic E-state index is 10.8. The van der Waals surface area contributed by atoms with Crippen LogP contribution >= 0.6 is 11.6 Å². The smallest absolute Gasteiger partial charge is 0.298 e. The second kappa shape index (κ2) is 13.5. The number of halogens is 1. The summed E-state index contributed by atoms with van der Waals surface area (Å²) in [6, 6.07) is 11.4. The number of carbonyl (C=O) groups excluding carboxylic acids is 1. The van der Waals surface area contributed by atoms with Gasteiger partial charge in [-0.1, -0.05) is 76.6 Å². The first-order valence-electron chi connectivity index (χ1n) is 14.5. The Hall–Kier alpha value is -3.18. The lowest BCUT2D eigenvalue weighted by Crippen LogP contribution is -2.27. The van der Waals surface area contributed by atoms with Crippen LogP contribution in [0.1, 0.15) is 89.7 Å². The van der Waals surface area contributed by atoms with Gasteiger partial charge < -0.3 is 19.5 Å². The minimum Gasteiger partial charge on any atom is -0.504 e. The van der Waals surface area contributed by atoms with Gasteiger partial charge in [0.15, 0.2) is 11.5 Å². The maximum Gasteiger partial charge on any atom is 0.298 e. The highest BCUT2D eigenvalue weighted by atomic mass is 35.5. The highest BCUT2D eigenvalue weighted by Crippen LogP contribution is 2.50. The lowest BCUT2D eigenvalue weighted by molar-refractivity contribution is -0.120. The highest BCUT2D eigenvalue weighted by molar-refractivity contribution is 6.33. The van der Waals surface area contributed by atoms with Crippen LogP contribution in [-0.2, 0) is 10.2 Å². The van der Waals surface area contributed by atoms with Gasteiger partial charge >= 0.3 is 0 Å². The van der Waals surface area contributed by atoms with E-state index in [1.54, 1.807) is 19.2 Å². The molecule has 1 aliphatic heterocycles. The van der Waals surface area contributed by atoms with Crippen molar-refractivity contribution in [1.29, 1.82) is 0 Å². The van der Waals surface area contributed by atoms with Gasteiger partial charge in [0.2, 0.25) is 0 Å². The first kappa shape index (κ1) is 29.8. The van der Waals surface area contributed by atoms with Crippen LogP contribution in [0.3, 0.4) is 0 Å². The number of unbranched alkanes of at least 4 members (excludes halogenated alkanes) is 5. The Kier molecular flexibility index (Phi) is 10.0. The number of hydrogen-bond acceptors (Lipinski definition) is 5. The topological polar surface area (TPSA) is 59.0 Å². The largest absolute Gasteiger partial charge is 0.504 e. The molecule has 214 valence electrons. The zero-order valence-electron chi connectivity index (χ0n) is 24.3. The quantitative estimate of drug-likeness (QED) is 0.206. The molecule has 0 bridgehead atoms. The van der Waals surface area contributed by atoms with Gasteiger partial charge in [0.25, 0.3) is 6.47 Å². The molecule has 0 saturated carbocycles. The van der Waals surface area contributed by atoms with Gasteiger partial charge in [0.05, 0.1) is 7.11 Å². The third-order valence-electron chi connectivity index (χ3n) is 8.10. The molecule has 6 heteroatoms. The van der Waals surface area contributed by atoms with Crippen LogP contribution in [0.5, 0.6) is 17.2 Å². The van der Waals surface area contributed by atoms with Crippen molar-refractivity contribution in [1.82, 2.24) is 0 Å². The summed E-state index contributed by atoms with van der Waals surface area (Å²) in [6.45, 7) is 8.12. The van der Waals surface area contributed by atoms with E-state index in [1.165, 1.54) is 55.1 Å². The Morgan fingerprint density at radius 2 is 1.80 bits per heavy atom. The Labute approximate surface area is 244 Å². The number of rotatable bonds is 12. The molecule has 2 aromatic carbocycles. The number of aromatic hydroxyl groups is 1. The molecule has 0 aromatic heterocycles. The van der Waals surface area contributed by atoms with E-state index in [2.05, 4.69) is 49.9 Å². The number of allylic oxidation sites excluding steroid dienone is 5. The lowest BCUT2D eigenvalue weighted by Gasteiger charge is -2.29. The summed E-state index contributed by atoms with van der Waals surface area (Å²) in [5.74, 6) is 0.934. The summed E-state index contributed by atoms with van der Waals surface area (Å²) in [7, 11) is 1.72. The number of nitrogens with zero attached hydrogens (tertiary/aromatic N) is 1. The van der Waals surface area contributed by atoms with E-state index in [4.69, 9.17) is 21.1 Å². The van der Waals surface area contributed by atoms with Crippen molar-refractivity contribution in [2.75, 3.05) is 18.6 Å². The van der Waals surface area contributed by atoms with Gasteiger partial charge in [-0.2, -0.15) is 0 Å². The average Bonchev–Trinajstić information content (AvgIpc) is 3.15. The number of phenolic OH excluding ortho intramolecular Hbond substituents is 1. The molecular formula is C34H42ClNO4. The van der Waals surface area contributed by atoms with Crippen molar-refractivity contribution in [3.8, 4) is 17.2 Å². The van der Waals surface area contributed by atoms with Gasteiger partial charge in [-0.15, -0.1) is 0 Å². The summed E-state index contributed by atoms with van der Waals surface area (Å²) in [4.78, 5) is 13.3. The van der Waals surface area contributed by atoms with E-state index in [0.717, 1.165) is 59.7 Å². The van der Waals surface area contributed by atoms with E-state index in [0.29, 0.717) is 6.47 Å². The second-order valence-corrected chi connectivity index (χ2v) is 11.6. The number of fused-ring (bicyclic) bond motifs is 1. The van der Waals surface area contributed by atoms with Gasteiger partial charge in [0, 0.05) is 28.4 Å². The molecule has 2 aromatic rings. The van der Waals surface area contributed by atoms with E-state index in [1.807, 2.05) is 6.08 Å². The number of methoxy groups -OCH3 is 1. The molecule has 0 amide bonds. The first-order chi connectivity index (χ1) is 19.3. The van der Waals surface area contributed by atoms with Crippen LogP contribution < -0.4 is 14.4 Å². The van der Waals surface area contributed by atoms with Gasteiger partial charge in [-0.3, -0.25) is 4.79 Å². The van der Waals surface area contributed by atoms with Crippen LogP contribution in [0.4, 0.5) is 5.69 Å². The third-order valence-corrected chi connectivity index (χ3v) is 8.59. The summed E-state index contributed by atoms with van der Waals surface area (Å²) >= 11 is 7.08. The van der Waals surface area contributed by atoms with Crippen molar-refractivity contribution < 1.29 is 19.4 Å². The standard InChI is InChI=1S/C34H42ClNO4/c1-5-6-7-8-9-10-18-36-29-16-15-27(39-4)22-28(29)34(2,3)32(36)21-26-13-11-12-25(33(26)35)19-24-14-17-30(38)31(20-24)40-23-37/h14-17,19-23,38H,5-13,18H2,1-4H3/b25-19+,32-21+. The molecule has 5 nitrogen and oxygen atoms in total. The van der Waals surface area contributed by atoms with Gasteiger partial charge in [-0.05, 0) is 84.4 Å². The van der Waals surface area contributed by atoms with E-state index in [-0.39, 0.29) is 16.9 Å². The van der Waals surface area contributed by atoms with Crippen molar-refractivity contribution in [3.63, 3.8) is 0 Å². The fraction of sp³-hybridized carbons (Fsp3) is 0.441. The molecule has 0 atom stereocenters. The maximum absolute atomic E-state index is 10.8. The zero-order valence-corrected chi connectivity index (χ0v) is 25.0. The van der Waals surface area contributed by atoms with Crippen LogP contribution in [-0.4, -0.2) is 25.2 Å². The molecule has 2 aliphatic rings. The van der Waals surface area contributed by atoms with Crippen LogP contribution in [0.15, 0.2) is 64.3 Å². The van der Waals surface area contributed by atoms with Crippen LogP contribution in [0, 0.1) is 0 Å². The molecule has 4 rings (SSSR count). The third kappa shape index (κ3) is 6.58. The normalized spacial score (nSPS) is 18.4. The molecule has 1 heterocycles. The Morgan fingerprint density at radius 3 is 2.55 bits per heavy atom. The highest BCUT2D eigenvalue weighted by Gasteiger charge is 2.40. The predicted octanol–water partition coefficient (Wildman–Crippen LogP) is 9.04. The number of anilines is 1. The van der Waals surface area contributed by atoms with E-state index >= 15 is 0 Å². The lowest BCUT2D eigenvalue weighted by atomic mass is 9.82. The van der Waals surface area contributed by atoms with Gasteiger partial charge in [-0.25, -0.2) is 0 Å². The molecular weight excluding hydrogens is 522 g/mol. The number of benzene rings is 2. The van der Waals surface area contributed by atoms with Gasteiger partial charge in [0.1, 0.15) is 5.75 Å². The monoisotopic (exact) mass is 563 g/mol. The fourth-order valence-electron chi connectivity index (χ4n) is 5.83. The SMILES string of the molecule is CCCCCCCCN1/C(=C/C2=C(Cl)C(=C/c3ccc(O)c(OC=O)c3)/CCC2)C(C)(C)c2cc(OC)ccc21. The van der Waals surface area contributed by atoms with Crippen LogP contribution in [0.25, 0.3) is 6.08 Å². The molecule has 0 spiro atoms. The Morgan fingerprint density at radius 1 is 1.02 bits per heavy atom. The van der Waals surface area contributed by atoms with E-state index in [9.17, 15) is 9.90 Å². The Balaban J connectivity index is 1.68. The Bertz CT molecular complexity index is 1310. The van der Waals surface area contributed by atoms with Crippen molar-refractivity contribution in [2.24, 2.45) is 0 Å². The second-order valence-electron chi connectivity index (χ2n) is 11.3. The minimum absolute atomic E-state index is 0.0740. The first-order valence-corrected chi connectivity index (χ1v) is 14.9. The number of carbonyl (C=O) groups is 1. The summed E-state index contributed by atoms with van der Waals surface area (Å²) in [6.07, 6.45) is 14.6. The predicted molar refractivity (Wildman–Crippen MR) is 164 cm³/mol. The number of phenols is 1. The molecule has 0 unspecified atom stereocenters. The number of hydrogen-bond donors (Lipinski definition) is 1. The molecule has 1 N–H and O–H groups in total. The summed E-state index contributed by atoms with van der Waals surface area (Å²) < 4.78 is 10.5. The molecule has 40 heavy (non-hydrogen) atoms. The minimum atomic E-state index is -0.199. The molecule has 0 radical (unpaired) electrons. The van der Waals surface area contributed by atoms with Crippen molar-refractivity contribution in [3.05, 3.63) is 75.5 Å². The van der Waals surface area contributed by atoms with Crippen molar-refractivity contribution >= 4 is 29.8 Å². The van der Waals surface area contributed by atoms with E-state index < -0.39 is 0 Å². The van der Waals surface area contributed by atoms with Crippen LogP contribution in [0.2, 0.25) is 0 Å². The number of ether oxygens (including phenoxy) is 2. The fourth-order valence-corrected chi connectivity index (χ4v) is 6.13. The molecule has 1 aliphatic carbocycles. The summed E-state index contributed by atoms with van der Waals surface area (Å²) in [5, 5.41) is 10.7. The molecule has 0 fully saturated rings.